The van der Waals surface area contributed by atoms with Crippen molar-refractivity contribution in [1.29, 1.82) is 0 Å². The van der Waals surface area contributed by atoms with Crippen LogP contribution in [0.25, 0.3) is 0 Å². The second-order valence-corrected chi connectivity index (χ2v) is 8.41. The van der Waals surface area contributed by atoms with Crippen LogP contribution in [0.2, 0.25) is 0 Å². The van der Waals surface area contributed by atoms with E-state index >= 15 is 0 Å². The molecule has 24 heavy (non-hydrogen) atoms. The van der Waals surface area contributed by atoms with Crippen molar-refractivity contribution in [3.05, 3.63) is 29.8 Å². The van der Waals surface area contributed by atoms with Gasteiger partial charge in [0.15, 0.2) is 5.79 Å². The Morgan fingerprint density at radius 3 is 2.21 bits per heavy atom. The number of rotatable bonds is 5. The van der Waals surface area contributed by atoms with E-state index in [1.165, 1.54) is 12.1 Å². The molecule has 0 unspecified atom stereocenters. The average Bonchev–Trinajstić information content (AvgIpc) is 3.04. The lowest BCUT2D eigenvalue weighted by atomic mass is 9.73. The smallest absolute Gasteiger partial charge is 0.296 e. The van der Waals surface area contributed by atoms with Gasteiger partial charge in [-0.05, 0) is 31.9 Å². The lowest BCUT2D eigenvalue weighted by Gasteiger charge is -2.42. The number of ether oxygens (including phenoxy) is 2. The number of aliphatic hydroxyl groups is 1. The van der Waals surface area contributed by atoms with Gasteiger partial charge < -0.3 is 14.6 Å². The molecule has 134 valence electrons. The maximum absolute atomic E-state index is 12.3. The summed E-state index contributed by atoms with van der Waals surface area (Å²) >= 11 is 0. The van der Waals surface area contributed by atoms with Crippen molar-refractivity contribution in [3.8, 4) is 0 Å². The van der Waals surface area contributed by atoms with Crippen molar-refractivity contribution in [2.24, 2.45) is 5.41 Å². The van der Waals surface area contributed by atoms with Crippen LogP contribution in [0.3, 0.4) is 0 Å². The first-order valence-electron chi connectivity index (χ1n) is 8.24. The maximum Gasteiger partial charge on any atom is 0.296 e. The summed E-state index contributed by atoms with van der Waals surface area (Å²) < 4.78 is 41.3. The highest BCUT2D eigenvalue weighted by Crippen LogP contribution is 2.45. The highest BCUT2D eigenvalue weighted by molar-refractivity contribution is 7.86. The molecule has 1 heterocycles. The van der Waals surface area contributed by atoms with E-state index in [4.69, 9.17) is 13.7 Å². The molecule has 0 aromatic heterocycles. The Balaban J connectivity index is 1.64. The summed E-state index contributed by atoms with van der Waals surface area (Å²) in [5.74, 6) is -0.547. The van der Waals surface area contributed by atoms with Crippen LogP contribution in [0.4, 0.5) is 0 Å². The van der Waals surface area contributed by atoms with Gasteiger partial charge >= 0.3 is 0 Å². The van der Waals surface area contributed by atoms with Crippen LogP contribution >= 0.6 is 0 Å². The zero-order valence-electron chi connectivity index (χ0n) is 13.9. The normalized spacial score (nSPS) is 22.8. The van der Waals surface area contributed by atoms with Crippen LogP contribution in [0.15, 0.2) is 29.2 Å². The molecule has 1 aliphatic carbocycles. The molecule has 1 aliphatic heterocycles. The van der Waals surface area contributed by atoms with E-state index in [0.717, 1.165) is 5.56 Å². The Labute approximate surface area is 142 Å². The molecule has 1 aromatic carbocycles. The van der Waals surface area contributed by atoms with E-state index in [2.05, 4.69) is 0 Å². The number of hydrogen-bond donors (Lipinski definition) is 1. The fourth-order valence-electron chi connectivity index (χ4n) is 3.27. The van der Waals surface area contributed by atoms with Crippen LogP contribution in [0.5, 0.6) is 0 Å². The summed E-state index contributed by atoms with van der Waals surface area (Å²) in [4.78, 5) is 0.135. The Morgan fingerprint density at radius 2 is 1.67 bits per heavy atom. The third-order valence-electron chi connectivity index (χ3n) is 5.05. The van der Waals surface area contributed by atoms with Gasteiger partial charge in [0.2, 0.25) is 0 Å². The second-order valence-electron chi connectivity index (χ2n) is 6.80. The minimum atomic E-state index is -3.83. The average molecular weight is 356 g/mol. The Bertz CT molecular complexity index is 651. The fourth-order valence-corrected chi connectivity index (χ4v) is 4.28. The third kappa shape index (κ3) is 3.65. The molecule has 1 spiro atoms. The third-order valence-corrected chi connectivity index (χ3v) is 6.33. The summed E-state index contributed by atoms with van der Waals surface area (Å²) in [5, 5.41) is 9.82. The second kappa shape index (κ2) is 6.72. The van der Waals surface area contributed by atoms with Gasteiger partial charge in [-0.2, -0.15) is 8.42 Å². The van der Waals surface area contributed by atoms with Gasteiger partial charge in [0.1, 0.15) is 0 Å². The number of aliphatic hydroxyl groups excluding tert-OH is 1. The topological polar surface area (TPSA) is 82.1 Å². The van der Waals surface area contributed by atoms with Crippen LogP contribution in [0, 0.1) is 12.3 Å². The summed E-state index contributed by atoms with van der Waals surface area (Å²) in [7, 11) is -3.83. The SMILES string of the molecule is Cc1ccc(S(=O)(=O)OCC2(CO)CCC3(CC2)OCCO3)cc1. The fraction of sp³-hybridized carbons (Fsp3) is 0.647. The predicted octanol–water partition coefficient (Wildman–Crippen LogP) is 2.00. The predicted molar refractivity (Wildman–Crippen MR) is 86.9 cm³/mol. The molecule has 7 heteroatoms. The molecular weight excluding hydrogens is 332 g/mol. The monoisotopic (exact) mass is 356 g/mol. The maximum atomic E-state index is 12.3. The minimum absolute atomic E-state index is 0.0320. The van der Waals surface area contributed by atoms with Crippen molar-refractivity contribution in [1.82, 2.24) is 0 Å². The van der Waals surface area contributed by atoms with E-state index in [9.17, 15) is 13.5 Å². The van der Waals surface area contributed by atoms with Gasteiger partial charge in [-0.3, -0.25) is 4.18 Å². The number of aryl methyl sites for hydroxylation is 1. The van der Waals surface area contributed by atoms with E-state index in [0.29, 0.717) is 38.9 Å². The summed E-state index contributed by atoms with van der Waals surface area (Å²) in [6, 6.07) is 6.53. The van der Waals surface area contributed by atoms with E-state index < -0.39 is 21.3 Å². The molecule has 1 N–H and O–H groups in total. The van der Waals surface area contributed by atoms with Gasteiger partial charge in [-0.25, -0.2) is 0 Å². The van der Waals surface area contributed by atoms with E-state index in [-0.39, 0.29) is 18.1 Å². The van der Waals surface area contributed by atoms with Crippen LogP contribution in [-0.2, 0) is 23.8 Å². The molecule has 0 atom stereocenters. The van der Waals surface area contributed by atoms with Crippen molar-refractivity contribution in [3.63, 3.8) is 0 Å². The number of benzene rings is 1. The first kappa shape index (κ1) is 17.8. The van der Waals surface area contributed by atoms with Crippen molar-refractivity contribution in [2.45, 2.75) is 43.3 Å². The largest absolute Gasteiger partial charge is 0.396 e. The van der Waals surface area contributed by atoms with Crippen LogP contribution in [-0.4, -0.2) is 45.7 Å². The minimum Gasteiger partial charge on any atom is -0.396 e. The van der Waals surface area contributed by atoms with E-state index in [1.54, 1.807) is 12.1 Å². The Hall–Kier alpha value is -0.990. The van der Waals surface area contributed by atoms with Crippen LogP contribution in [0.1, 0.15) is 31.2 Å². The quantitative estimate of drug-likeness (QED) is 0.813. The summed E-state index contributed by atoms with van der Waals surface area (Å²) in [5.41, 5.74) is 0.410. The van der Waals surface area contributed by atoms with Gasteiger partial charge in [0.25, 0.3) is 10.1 Å². The molecular formula is C17H24O6S. The zero-order valence-corrected chi connectivity index (χ0v) is 14.7. The molecule has 1 saturated carbocycles. The van der Waals surface area contributed by atoms with Gasteiger partial charge in [-0.15, -0.1) is 0 Å². The molecule has 2 aliphatic rings. The molecule has 0 amide bonds. The molecule has 0 bridgehead atoms. The van der Waals surface area contributed by atoms with Crippen molar-refractivity contribution >= 4 is 10.1 Å². The standard InChI is InChI=1S/C17H24O6S/c1-14-2-4-15(5-3-14)24(19,20)23-13-16(12-18)6-8-17(9-7-16)21-10-11-22-17/h2-5,18H,6-13H2,1H3. The molecule has 1 saturated heterocycles. The molecule has 2 fully saturated rings. The Morgan fingerprint density at radius 1 is 1.08 bits per heavy atom. The molecule has 0 radical (unpaired) electrons. The number of hydrogen-bond acceptors (Lipinski definition) is 6. The highest BCUT2D eigenvalue weighted by Gasteiger charge is 2.46. The zero-order chi connectivity index (χ0) is 17.3. The first-order chi connectivity index (χ1) is 11.4. The first-order valence-corrected chi connectivity index (χ1v) is 9.65. The molecule has 3 rings (SSSR count). The van der Waals surface area contributed by atoms with Gasteiger partial charge in [0, 0.05) is 18.3 Å². The lowest BCUT2D eigenvalue weighted by Crippen LogP contribution is -2.44. The highest BCUT2D eigenvalue weighted by atomic mass is 32.2. The van der Waals surface area contributed by atoms with Gasteiger partial charge in [-0.1, -0.05) is 17.7 Å². The lowest BCUT2D eigenvalue weighted by molar-refractivity contribution is -0.197. The van der Waals surface area contributed by atoms with Gasteiger partial charge in [0.05, 0.1) is 31.3 Å². The summed E-state index contributed by atoms with van der Waals surface area (Å²) in [6.07, 6.45) is 2.49. The molecule has 6 nitrogen and oxygen atoms in total. The molecule has 1 aromatic rings. The van der Waals surface area contributed by atoms with E-state index in [1.807, 2.05) is 6.92 Å². The van der Waals surface area contributed by atoms with Crippen molar-refractivity contribution < 1.29 is 27.2 Å². The Kier molecular flexibility index (Phi) is 4.99. The van der Waals surface area contributed by atoms with Crippen molar-refractivity contribution in [2.75, 3.05) is 26.4 Å². The van der Waals surface area contributed by atoms with Crippen LogP contribution < -0.4 is 0 Å². The summed E-state index contributed by atoms with van der Waals surface area (Å²) in [6.45, 7) is 2.92.